The van der Waals surface area contributed by atoms with E-state index in [2.05, 4.69) is 11.9 Å². The van der Waals surface area contributed by atoms with Crippen LogP contribution < -0.4 is 9.47 Å². The van der Waals surface area contributed by atoms with Gasteiger partial charge in [-0.05, 0) is 36.2 Å². The minimum atomic E-state index is -0.496. The standard InChI is InChI=1S/C22H27N3O4S/c1-23-7-9-25(10-8-23)22(27)19-14-12-16(28-3)17(29-4)13-15(14)21(26)24(2)20(19)18-6-5-11-30-18/h5-6,11-13,19-20H,7-10H2,1-4H3/t19-,20-/m1/s1. The van der Waals surface area contributed by atoms with Crippen LogP contribution in [0.2, 0.25) is 0 Å². The molecule has 2 atom stereocenters. The number of carbonyl (C=O) groups is 2. The molecule has 2 aromatic rings. The predicted octanol–water partition coefficient (Wildman–Crippen LogP) is 2.45. The van der Waals surface area contributed by atoms with Gasteiger partial charge in [0.15, 0.2) is 11.5 Å². The number of benzene rings is 1. The zero-order valence-corrected chi connectivity index (χ0v) is 18.6. The molecular formula is C22H27N3O4S. The second-order valence-corrected chi connectivity index (χ2v) is 8.76. The van der Waals surface area contributed by atoms with Crippen molar-refractivity contribution < 1.29 is 19.1 Å². The number of thiophene rings is 1. The molecule has 2 aliphatic heterocycles. The first kappa shape index (κ1) is 20.7. The minimum Gasteiger partial charge on any atom is -0.493 e. The lowest BCUT2D eigenvalue weighted by atomic mass is 9.81. The number of amides is 2. The summed E-state index contributed by atoms with van der Waals surface area (Å²) >= 11 is 1.57. The van der Waals surface area contributed by atoms with E-state index >= 15 is 0 Å². The third-order valence-electron chi connectivity index (χ3n) is 6.09. The molecule has 7 nitrogen and oxygen atoms in total. The molecule has 30 heavy (non-hydrogen) atoms. The number of ether oxygens (including phenoxy) is 2. The molecule has 0 saturated carbocycles. The van der Waals surface area contributed by atoms with Crippen molar-refractivity contribution in [2.24, 2.45) is 0 Å². The van der Waals surface area contributed by atoms with Gasteiger partial charge in [-0.3, -0.25) is 9.59 Å². The van der Waals surface area contributed by atoms with Crippen LogP contribution in [0.3, 0.4) is 0 Å². The maximum atomic E-state index is 13.8. The van der Waals surface area contributed by atoms with E-state index in [4.69, 9.17) is 9.47 Å². The molecule has 0 N–H and O–H groups in total. The first-order valence-electron chi connectivity index (χ1n) is 10.00. The molecule has 2 aliphatic rings. The van der Waals surface area contributed by atoms with Crippen LogP contribution in [-0.2, 0) is 4.79 Å². The molecule has 1 aromatic carbocycles. The van der Waals surface area contributed by atoms with Crippen LogP contribution >= 0.6 is 11.3 Å². The second-order valence-electron chi connectivity index (χ2n) is 7.78. The van der Waals surface area contributed by atoms with Gasteiger partial charge in [-0.25, -0.2) is 0 Å². The SMILES string of the molecule is COc1cc2c(cc1OC)[C@@H](C(=O)N1CCN(C)CC1)[C@@H](c1cccs1)N(C)C2=O. The van der Waals surface area contributed by atoms with E-state index in [0.717, 1.165) is 18.0 Å². The van der Waals surface area contributed by atoms with Gasteiger partial charge in [0.05, 0.1) is 26.2 Å². The Bertz CT molecular complexity index is 938. The van der Waals surface area contributed by atoms with Gasteiger partial charge in [0.25, 0.3) is 5.91 Å². The van der Waals surface area contributed by atoms with E-state index in [1.165, 1.54) is 0 Å². The Kier molecular flexibility index (Phi) is 5.71. The molecule has 0 bridgehead atoms. The molecule has 0 radical (unpaired) electrons. The zero-order chi connectivity index (χ0) is 21.4. The molecule has 0 unspecified atom stereocenters. The van der Waals surface area contributed by atoms with E-state index < -0.39 is 5.92 Å². The Balaban J connectivity index is 1.85. The number of likely N-dealkylation sites (N-methyl/N-ethyl adjacent to an activating group) is 2. The third kappa shape index (κ3) is 3.44. The van der Waals surface area contributed by atoms with Crippen molar-refractivity contribution in [3.05, 3.63) is 45.6 Å². The number of nitrogens with zero attached hydrogens (tertiary/aromatic N) is 3. The summed E-state index contributed by atoms with van der Waals surface area (Å²) in [5.41, 5.74) is 1.20. The molecule has 1 fully saturated rings. The Hall–Kier alpha value is -2.58. The van der Waals surface area contributed by atoms with Gasteiger partial charge < -0.3 is 24.2 Å². The molecule has 1 saturated heterocycles. The van der Waals surface area contributed by atoms with Gasteiger partial charge in [0.2, 0.25) is 5.91 Å². The van der Waals surface area contributed by atoms with Crippen molar-refractivity contribution in [1.29, 1.82) is 0 Å². The van der Waals surface area contributed by atoms with Crippen molar-refractivity contribution in [3.8, 4) is 11.5 Å². The summed E-state index contributed by atoms with van der Waals surface area (Å²) < 4.78 is 10.9. The quantitative estimate of drug-likeness (QED) is 0.747. The van der Waals surface area contributed by atoms with Gasteiger partial charge in [0, 0.05) is 43.7 Å². The Morgan fingerprint density at radius 2 is 1.73 bits per heavy atom. The lowest BCUT2D eigenvalue weighted by molar-refractivity contribution is -0.136. The summed E-state index contributed by atoms with van der Waals surface area (Å²) in [4.78, 5) is 34.0. The number of carbonyl (C=O) groups excluding carboxylic acids is 2. The average Bonchev–Trinajstić information content (AvgIpc) is 3.29. The molecule has 160 valence electrons. The van der Waals surface area contributed by atoms with Gasteiger partial charge in [0.1, 0.15) is 0 Å². The highest BCUT2D eigenvalue weighted by Crippen LogP contribution is 2.47. The summed E-state index contributed by atoms with van der Waals surface area (Å²) in [6.45, 7) is 3.05. The van der Waals surface area contributed by atoms with E-state index in [1.54, 1.807) is 49.6 Å². The topological polar surface area (TPSA) is 62.3 Å². The van der Waals surface area contributed by atoms with Gasteiger partial charge >= 0.3 is 0 Å². The number of fused-ring (bicyclic) bond motifs is 1. The predicted molar refractivity (Wildman–Crippen MR) is 116 cm³/mol. The fourth-order valence-electron chi connectivity index (χ4n) is 4.35. The Morgan fingerprint density at radius 3 is 2.33 bits per heavy atom. The highest BCUT2D eigenvalue weighted by Gasteiger charge is 2.45. The zero-order valence-electron chi connectivity index (χ0n) is 17.8. The number of hydrogen-bond donors (Lipinski definition) is 0. The average molecular weight is 430 g/mol. The minimum absolute atomic E-state index is 0.0503. The summed E-state index contributed by atoms with van der Waals surface area (Å²) in [6, 6.07) is 7.10. The highest BCUT2D eigenvalue weighted by atomic mass is 32.1. The lowest BCUT2D eigenvalue weighted by Gasteiger charge is -2.42. The second kappa shape index (κ2) is 8.28. The van der Waals surface area contributed by atoms with Crippen molar-refractivity contribution in [2.75, 3.05) is 54.5 Å². The Labute approximate surface area is 180 Å². The van der Waals surface area contributed by atoms with Crippen LogP contribution in [0.4, 0.5) is 0 Å². The third-order valence-corrected chi connectivity index (χ3v) is 7.03. The van der Waals surface area contributed by atoms with Crippen molar-refractivity contribution in [2.45, 2.75) is 12.0 Å². The summed E-state index contributed by atoms with van der Waals surface area (Å²) in [5.74, 6) is 0.443. The van der Waals surface area contributed by atoms with Crippen molar-refractivity contribution >= 4 is 23.2 Å². The fourth-order valence-corrected chi connectivity index (χ4v) is 5.26. The van der Waals surface area contributed by atoms with Crippen LogP contribution in [0.1, 0.15) is 32.8 Å². The summed E-state index contributed by atoms with van der Waals surface area (Å²) in [5, 5.41) is 1.98. The van der Waals surface area contributed by atoms with Crippen molar-refractivity contribution in [3.63, 3.8) is 0 Å². The van der Waals surface area contributed by atoms with Crippen molar-refractivity contribution in [1.82, 2.24) is 14.7 Å². The van der Waals surface area contributed by atoms with Gasteiger partial charge in [-0.2, -0.15) is 0 Å². The van der Waals surface area contributed by atoms with E-state index in [-0.39, 0.29) is 17.9 Å². The largest absolute Gasteiger partial charge is 0.493 e. The summed E-state index contributed by atoms with van der Waals surface area (Å²) in [6.07, 6.45) is 0. The number of hydrogen-bond acceptors (Lipinski definition) is 6. The lowest BCUT2D eigenvalue weighted by Crippen LogP contribution is -2.52. The molecule has 3 heterocycles. The first-order chi connectivity index (χ1) is 14.5. The molecule has 1 aromatic heterocycles. The van der Waals surface area contributed by atoms with Crippen LogP contribution in [0.15, 0.2) is 29.6 Å². The molecule has 4 rings (SSSR count). The first-order valence-corrected chi connectivity index (χ1v) is 10.9. The van der Waals surface area contributed by atoms with E-state index in [0.29, 0.717) is 35.7 Å². The number of rotatable bonds is 4. The van der Waals surface area contributed by atoms with Crippen LogP contribution in [0, 0.1) is 0 Å². The smallest absolute Gasteiger partial charge is 0.254 e. The molecule has 0 aliphatic carbocycles. The van der Waals surface area contributed by atoms with Gasteiger partial charge in [-0.15, -0.1) is 11.3 Å². The van der Waals surface area contributed by atoms with Crippen LogP contribution in [-0.4, -0.2) is 81.0 Å². The number of methoxy groups -OCH3 is 2. The van der Waals surface area contributed by atoms with Crippen LogP contribution in [0.5, 0.6) is 11.5 Å². The maximum Gasteiger partial charge on any atom is 0.254 e. The Morgan fingerprint density at radius 1 is 1.07 bits per heavy atom. The maximum absolute atomic E-state index is 13.8. The highest BCUT2D eigenvalue weighted by molar-refractivity contribution is 7.10. The fraction of sp³-hybridized carbons (Fsp3) is 0.455. The van der Waals surface area contributed by atoms with Crippen LogP contribution in [0.25, 0.3) is 0 Å². The van der Waals surface area contributed by atoms with E-state index in [9.17, 15) is 9.59 Å². The molecule has 2 amide bonds. The molecular weight excluding hydrogens is 402 g/mol. The molecule has 8 heteroatoms. The van der Waals surface area contributed by atoms with Gasteiger partial charge in [-0.1, -0.05) is 6.07 Å². The normalized spacial score (nSPS) is 22.1. The monoisotopic (exact) mass is 429 g/mol. The number of piperazine rings is 1. The molecule has 0 spiro atoms. The van der Waals surface area contributed by atoms with E-state index in [1.807, 2.05) is 22.4 Å². The summed E-state index contributed by atoms with van der Waals surface area (Å²) in [7, 11) is 6.95.